The van der Waals surface area contributed by atoms with Crippen LogP contribution in [0.15, 0.2) is 71.8 Å². The number of nitro benzene ring substituents is 1. The van der Waals surface area contributed by atoms with Crippen LogP contribution in [0.4, 0.5) is 18.9 Å². The summed E-state index contributed by atoms with van der Waals surface area (Å²) in [6.07, 6.45) is -3.94. The topological polar surface area (TPSA) is 118 Å². The first-order valence-corrected chi connectivity index (χ1v) is 10.0. The summed E-state index contributed by atoms with van der Waals surface area (Å²) in [4.78, 5) is 22.2. The van der Waals surface area contributed by atoms with E-state index >= 15 is 0 Å². The molecule has 1 N–H and O–H groups in total. The van der Waals surface area contributed by atoms with Crippen molar-refractivity contribution in [1.82, 2.24) is 5.43 Å². The molecule has 11 heteroatoms. The number of benzene rings is 3. The van der Waals surface area contributed by atoms with Gasteiger partial charge in [-0.2, -0.15) is 23.5 Å². The lowest BCUT2D eigenvalue weighted by molar-refractivity contribution is -0.385. The fourth-order valence-corrected chi connectivity index (χ4v) is 3.02. The summed E-state index contributed by atoms with van der Waals surface area (Å²) in [5.41, 5.74) is 1.92. The zero-order valence-corrected chi connectivity index (χ0v) is 18.0. The van der Waals surface area contributed by atoms with Crippen molar-refractivity contribution in [1.29, 1.82) is 5.26 Å². The molecular formula is C24H17F3N4O4. The zero-order valence-electron chi connectivity index (χ0n) is 18.0. The fourth-order valence-electron chi connectivity index (χ4n) is 3.02. The summed E-state index contributed by atoms with van der Waals surface area (Å²) in [5.74, 6) is -0.186. The number of nitro groups is 1. The molecule has 0 aliphatic heterocycles. The maximum Gasteiger partial charge on any atom is 0.416 e. The lowest BCUT2D eigenvalue weighted by atomic mass is 10.1. The Morgan fingerprint density at radius 2 is 1.83 bits per heavy atom. The molecule has 0 radical (unpaired) electrons. The largest absolute Gasteiger partial charge is 0.489 e. The summed E-state index contributed by atoms with van der Waals surface area (Å²) in [6.45, 7) is 0.212. The highest BCUT2D eigenvalue weighted by Crippen LogP contribution is 2.33. The van der Waals surface area contributed by atoms with E-state index in [0.29, 0.717) is 29.0 Å². The van der Waals surface area contributed by atoms with E-state index in [1.807, 2.05) is 6.07 Å². The Kier molecular flexibility index (Phi) is 7.78. The van der Waals surface area contributed by atoms with Crippen molar-refractivity contribution in [2.45, 2.75) is 19.2 Å². The van der Waals surface area contributed by atoms with Crippen LogP contribution in [0.25, 0.3) is 0 Å². The van der Waals surface area contributed by atoms with Crippen molar-refractivity contribution >= 4 is 17.8 Å². The number of halogens is 3. The number of carbonyl (C=O) groups is 1. The molecule has 3 rings (SSSR count). The van der Waals surface area contributed by atoms with Crippen LogP contribution in [0.1, 0.15) is 27.8 Å². The third kappa shape index (κ3) is 6.88. The quantitative estimate of drug-likeness (QED) is 0.282. The molecule has 0 saturated carbocycles. The molecule has 1 amide bonds. The van der Waals surface area contributed by atoms with Gasteiger partial charge >= 0.3 is 6.18 Å². The van der Waals surface area contributed by atoms with Crippen molar-refractivity contribution in [2.24, 2.45) is 5.10 Å². The summed E-state index contributed by atoms with van der Waals surface area (Å²) in [5, 5.41) is 24.0. The second-order valence-electron chi connectivity index (χ2n) is 7.19. The van der Waals surface area contributed by atoms with Crippen LogP contribution in [0.2, 0.25) is 0 Å². The van der Waals surface area contributed by atoms with Gasteiger partial charge in [-0.25, -0.2) is 5.43 Å². The molecule has 0 saturated heterocycles. The highest BCUT2D eigenvalue weighted by molar-refractivity contribution is 5.83. The lowest BCUT2D eigenvalue weighted by Gasteiger charge is -2.08. The molecule has 0 aromatic heterocycles. The van der Waals surface area contributed by atoms with Gasteiger partial charge < -0.3 is 4.74 Å². The molecule has 0 heterocycles. The van der Waals surface area contributed by atoms with E-state index < -0.39 is 34.7 Å². The van der Waals surface area contributed by atoms with Gasteiger partial charge in [0, 0.05) is 17.2 Å². The Balaban J connectivity index is 1.56. The maximum atomic E-state index is 12.8. The van der Waals surface area contributed by atoms with Crippen LogP contribution in [0, 0.1) is 21.4 Å². The molecular weight excluding hydrogens is 465 g/mol. The maximum absolute atomic E-state index is 12.8. The van der Waals surface area contributed by atoms with Gasteiger partial charge in [-0.1, -0.05) is 24.3 Å². The average molecular weight is 482 g/mol. The molecule has 178 valence electrons. The van der Waals surface area contributed by atoms with Crippen molar-refractivity contribution in [3.05, 3.63) is 105 Å². The molecule has 0 spiro atoms. The van der Waals surface area contributed by atoms with E-state index in [4.69, 9.17) is 10.00 Å². The fraction of sp³-hybridized carbons (Fsp3) is 0.125. The van der Waals surface area contributed by atoms with Crippen LogP contribution in [-0.4, -0.2) is 17.0 Å². The van der Waals surface area contributed by atoms with Crippen molar-refractivity contribution in [3.8, 4) is 11.8 Å². The molecule has 8 nitrogen and oxygen atoms in total. The van der Waals surface area contributed by atoms with Gasteiger partial charge in [0.15, 0.2) is 0 Å². The molecule has 0 bridgehead atoms. The van der Waals surface area contributed by atoms with Gasteiger partial charge in [-0.15, -0.1) is 0 Å². The molecule has 0 unspecified atom stereocenters. The number of rotatable bonds is 8. The summed E-state index contributed by atoms with van der Waals surface area (Å²) in [7, 11) is 0. The Bertz CT molecular complexity index is 1300. The van der Waals surface area contributed by atoms with Crippen LogP contribution < -0.4 is 10.2 Å². The second kappa shape index (κ2) is 10.9. The van der Waals surface area contributed by atoms with E-state index in [2.05, 4.69) is 16.6 Å². The number of amides is 1. The minimum atomic E-state index is -4.74. The van der Waals surface area contributed by atoms with Crippen LogP contribution in [-0.2, 0) is 24.0 Å². The lowest BCUT2D eigenvalue weighted by Crippen LogP contribution is -2.20. The van der Waals surface area contributed by atoms with Gasteiger partial charge in [0.25, 0.3) is 5.69 Å². The Labute approximate surface area is 197 Å². The molecule has 0 atom stereocenters. The molecule has 35 heavy (non-hydrogen) atoms. The van der Waals surface area contributed by atoms with Gasteiger partial charge in [0.2, 0.25) is 5.91 Å². The number of nitrogens with zero attached hydrogens (tertiary/aromatic N) is 3. The molecule has 0 aliphatic carbocycles. The normalized spacial score (nSPS) is 11.1. The number of nitriles is 1. The van der Waals surface area contributed by atoms with Crippen molar-refractivity contribution in [3.63, 3.8) is 0 Å². The van der Waals surface area contributed by atoms with Crippen molar-refractivity contribution in [2.75, 3.05) is 0 Å². The number of carbonyl (C=O) groups excluding carboxylic acids is 1. The van der Waals surface area contributed by atoms with E-state index in [-0.39, 0.29) is 12.2 Å². The number of nitrogens with one attached hydrogen (secondary N) is 1. The van der Waals surface area contributed by atoms with E-state index in [1.54, 1.807) is 42.5 Å². The molecule has 3 aromatic carbocycles. The number of hydrogen-bond donors (Lipinski definition) is 1. The highest BCUT2D eigenvalue weighted by Gasteiger charge is 2.33. The minimum absolute atomic E-state index is 0.171. The molecule has 0 fully saturated rings. The predicted octanol–water partition coefficient (Wildman–Crippen LogP) is 4.76. The molecule has 0 aliphatic rings. The molecule has 3 aromatic rings. The number of hydrazone groups is 1. The first-order chi connectivity index (χ1) is 16.7. The monoisotopic (exact) mass is 482 g/mol. The van der Waals surface area contributed by atoms with Crippen LogP contribution >= 0.6 is 0 Å². The summed E-state index contributed by atoms with van der Waals surface area (Å²) in [6, 6.07) is 17.8. The van der Waals surface area contributed by atoms with Gasteiger partial charge in [0.05, 0.1) is 34.8 Å². The van der Waals surface area contributed by atoms with Crippen molar-refractivity contribution < 1.29 is 27.6 Å². The van der Waals surface area contributed by atoms with E-state index in [0.717, 1.165) is 11.6 Å². The SMILES string of the molecule is N#Cc1ccccc1COc1ccc(C=NNC(=O)Cc2ccc(C(F)(F)F)cc2[N+](=O)[O-])cc1. The first kappa shape index (κ1) is 24.9. The standard InChI is InChI=1S/C24H17F3N4O4/c25-24(26,27)20-8-7-17(22(12-20)31(33)34)11-23(32)30-29-14-16-5-9-21(10-6-16)35-15-19-4-2-1-3-18(19)13-28/h1-10,12,14H,11,15H2,(H,30,32). The van der Waals surface area contributed by atoms with Gasteiger partial charge in [0.1, 0.15) is 12.4 Å². The predicted molar refractivity (Wildman–Crippen MR) is 119 cm³/mol. The Morgan fingerprint density at radius 3 is 2.49 bits per heavy atom. The summed E-state index contributed by atoms with van der Waals surface area (Å²) < 4.78 is 44.0. The number of hydrogen-bond acceptors (Lipinski definition) is 6. The van der Waals surface area contributed by atoms with Crippen LogP contribution in [0.3, 0.4) is 0 Å². The first-order valence-electron chi connectivity index (χ1n) is 10.0. The van der Waals surface area contributed by atoms with Gasteiger partial charge in [-0.05, 0) is 42.0 Å². The minimum Gasteiger partial charge on any atom is -0.489 e. The Hall–Kier alpha value is -4.72. The average Bonchev–Trinajstić information content (AvgIpc) is 2.83. The van der Waals surface area contributed by atoms with Gasteiger partial charge in [-0.3, -0.25) is 14.9 Å². The third-order valence-corrected chi connectivity index (χ3v) is 4.78. The highest BCUT2D eigenvalue weighted by atomic mass is 19.4. The summed E-state index contributed by atoms with van der Waals surface area (Å²) >= 11 is 0. The van der Waals surface area contributed by atoms with E-state index in [9.17, 15) is 28.1 Å². The van der Waals surface area contributed by atoms with E-state index in [1.165, 1.54) is 6.21 Å². The van der Waals surface area contributed by atoms with Crippen LogP contribution in [0.5, 0.6) is 5.75 Å². The second-order valence-corrected chi connectivity index (χ2v) is 7.19. The smallest absolute Gasteiger partial charge is 0.416 e. The zero-order chi connectivity index (χ0) is 25.4. The number of ether oxygens (including phenoxy) is 1. The number of alkyl halides is 3. The Morgan fingerprint density at radius 1 is 1.11 bits per heavy atom. The third-order valence-electron chi connectivity index (χ3n) is 4.78.